The molecule has 1 aliphatic rings. The third-order valence-electron chi connectivity index (χ3n) is 4.13. The number of non-ortho nitro benzene ring substituents is 1. The minimum absolute atomic E-state index is 0.0929. The van der Waals surface area contributed by atoms with Gasteiger partial charge in [0.25, 0.3) is 11.6 Å². The van der Waals surface area contributed by atoms with Crippen LogP contribution in [0.5, 0.6) is 11.5 Å². The van der Waals surface area contributed by atoms with Crippen molar-refractivity contribution >= 4 is 37.9 Å². The Kier molecular flexibility index (Phi) is 5.10. The summed E-state index contributed by atoms with van der Waals surface area (Å²) in [5, 5.41) is 13.4. The molecule has 0 aliphatic carbocycles. The fraction of sp³-hybridized carbons (Fsp3) is 0.111. The molecule has 0 unspecified atom stereocenters. The van der Waals surface area contributed by atoms with Crippen molar-refractivity contribution in [2.24, 2.45) is 0 Å². The van der Waals surface area contributed by atoms with Gasteiger partial charge < -0.3 is 9.47 Å². The van der Waals surface area contributed by atoms with Crippen molar-refractivity contribution in [3.05, 3.63) is 64.3 Å². The standard InChI is InChI=1S/C18H13N3O7S2/c22-17(11-1-6-14-15(9-11)28-8-7-27-14)20-18-19-10-16(29-18)30(25,26)13-4-2-12(3-5-13)21(23)24/h1-6,9-10H,7-8H2,(H,19,20,22). The molecule has 0 saturated heterocycles. The maximum atomic E-state index is 12.7. The number of nitrogens with zero attached hydrogens (tertiary/aromatic N) is 2. The number of nitro groups is 1. The Balaban J connectivity index is 1.52. The summed E-state index contributed by atoms with van der Waals surface area (Å²) in [5.41, 5.74) is 0.0832. The molecule has 12 heteroatoms. The first-order valence-corrected chi connectivity index (χ1v) is 10.8. The van der Waals surface area contributed by atoms with Crippen LogP contribution in [-0.2, 0) is 9.84 Å². The number of rotatable bonds is 5. The van der Waals surface area contributed by atoms with E-state index in [-0.39, 0.29) is 19.9 Å². The molecule has 154 valence electrons. The smallest absolute Gasteiger partial charge is 0.269 e. The van der Waals surface area contributed by atoms with Crippen LogP contribution >= 0.6 is 11.3 Å². The summed E-state index contributed by atoms with van der Waals surface area (Å²) in [6.07, 6.45) is 1.13. The summed E-state index contributed by atoms with van der Waals surface area (Å²) in [6, 6.07) is 9.24. The van der Waals surface area contributed by atoms with Gasteiger partial charge in [-0.25, -0.2) is 13.4 Å². The van der Waals surface area contributed by atoms with Crippen LogP contribution in [0.4, 0.5) is 10.8 Å². The van der Waals surface area contributed by atoms with Crippen LogP contribution in [0, 0.1) is 10.1 Å². The zero-order valence-corrected chi connectivity index (χ0v) is 16.7. The molecule has 0 saturated carbocycles. The summed E-state index contributed by atoms with van der Waals surface area (Å²) in [7, 11) is -3.93. The van der Waals surface area contributed by atoms with Crippen molar-refractivity contribution in [2.45, 2.75) is 9.10 Å². The molecule has 4 rings (SSSR count). The molecule has 0 atom stereocenters. The molecule has 1 N–H and O–H groups in total. The molecule has 3 aromatic rings. The van der Waals surface area contributed by atoms with E-state index in [1.54, 1.807) is 12.1 Å². The summed E-state index contributed by atoms with van der Waals surface area (Å²) in [4.78, 5) is 26.4. The second-order valence-electron chi connectivity index (χ2n) is 6.05. The molecule has 0 radical (unpaired) electrons. The Morgan fingerprint density at radius 1 is 1.10 bits per heavy atom. The van der Waals surface area contributed by atoms with Gasteiger partial charge in [-0.3, -0.25) is 20.2 Å². The molecular weight excluding hydrogens is 434 g/mol. The molecule has 0 spiro atoms. The number of ether oxygens (including phenoxy) is 2. The molecule has 0 fully saturated rings. The highest BCUT2D eigenvalue weighted by Gasteiger charge is 2.23. The molecule has 1 aromatic heterocycles. The lowest BCUT2D eigenvalue weighted by atomic mass is 10.2. The second-order valence-corrected chi connectivity index (χ2v) is 9.26. The second kappa shape index (κ2) is 7.72. The van der Waals surface area contributed by atoms with Gasteiger partial charge in [-0.15, -0.1) is 0 Å². The van der Waals surface area contributed by atoms with E-state index in [4.69, 9.17) is 9.47 Å². The van der Waals surface area contributed by atoms with Gasteiger partial charge in [0.1, 0.15) is 17.4 Å². The van der Waals surface area contributed by atoms with Gasteiger partial charge in [0.05, 0.1) is 16.0 Å². The number of carbonyl (C=O) groups excluding carboxylic acids is 1. The largest absolute Gasteiger partial charge is 0.486 e. The van der Waals surface area contributed by atoms with E-state index in [9.17, 15) is 23.3 Å². The molecule has 10 nitrogen and oxygen atoms in total. The van der Waals surface area contributed by atoms with Crippen molar-refractivity contribution in [3.8, 4) is 11.5 Å². The third kappa shape index (κ3) is 3.82. The zero-order valence-electron chi connectivity index (χ0n) is 15.1. The lowest BCUT2D eigenvalue weighted by Crippen LogP contribution is -2.17. The number of benzene rings is 2. The topological polar surface area (TPSA) is 138 Å². The Hall–Kier alpha value is -3.51. The summed E-state index contributed by atoms with van der Waals surface area (Å²) < 4.78 is 36.2. The first-order chi connectivity index (χ1) is 14.3. The van der Waals surface area contributed by atoms with E-state index in [0.29, 0.717) is 30.3 Å². The summed E-state index contributed by atoms with van der Waals surface area (Å²) in [6.45, 7) is 0.818. The quantitative estimate of drug-likeness (QED) is 0.465. The van der Waals surface area contributed by atoms with Crippen LogP contribution in [0.25, 0.3) is 0 Å². The first-order valence-electron chi connectivity index (χ1n) is 8.51. The highest BCUT2D eigenvalue weighted by molar-refractivity contribution is 7.93. The number of aromatic nitrogens is 1. The lowest BCUT2D eigenvalue weighted by Gasteiger charge is -2.18. The maximum Gasteiger partial charge on any atom is 0.269 e. The Morgan fingerprint density at radius 2 is 1.80 bits per heavy atom. The number of fused-ring (bicyclic) bond motifs is 1. The number of hydrogen-bond donors (Lipinski definition) is 1. The van der Waals surface area contributed by atoms with Crippen LogP contribution in [0.3, 0.4) is 0 Å². The van der Waals surface area contributed by atoms with E-state index in [1.807, 2.05) is 0 Å². The monoisotopic (exact) mass is 447 g/mol. The molecule has 2 heterocycles. The van der Waals surface area contributed by atoms with Gasteiger partial charge in [-0.05, 0) is 30.3 Å². The van der Waals surface area contributed by atoms with Gasteiger partial charge >= 0.3 is 0 Å². The third-order valence-corrected chi connectivity index (χ3v) is 7.28. The van der Waals surface area contributed by atoms with Crippen LogP contribution in [0.15, 0.2) is 57.8 Å². The average molecular weight is 447 g/mol. The molecule has 1 amide bonds. The minimum atomic E-state index is -3.93. The van der Waals surface area contributed by atoms with Crippen molar-refractivity contribution in [2.75, 3.05) is 18.5 Å². The number of anilines is 1. The predicted molar refractivity (Wildman–Crippen MR) is 106 cm³/mol. The normalized spacial score (nSPS) is 12.9. The molecule has 30 heavy (non-hydrogen) atoms. The predicted octanol–water partition coefficient (Wildman–Crippen LogP) is 2.91. The SMILES string of the molecule is O=C(Nc1ncc(S(=O)(=O)c2ccc([N+](=O)[O-])cc2)s1)c1ccc2c(c1)OCCO2. The lowest BCUT2D eigenvalue weighted by molar-refractivity contribution is -0.384. The van der Waals surface area contributed by atoms with Crippen LogP contribution in [0.1, 0.15) is 10.4 Å². The summed E-state index contributed by atoms with van der Waals surface area (Å²) >= 11 is 0.776. The number of amides is 1. The highest BCUT2D eigenvalue weighted by Crippen LogP contribution is 2.32. The molecule has 1 aliphatic heterocycles. The van der Waals surface area contributed by atoms with Crippen molar-refractivity contribution in [3.63, 3.8) is 0 Å². The van der Waals surface area contributed by atoms with E-state index in [0.717, 1.165) is 41.8 Å². The number of thiazole rings is 1. The fourth-order valence-electron chi connectivity index (χ4n) is 2.66. The number of nitrogens with one attached hydrogen (secondary N) is 1. The number of nitro benzene ring substituents is 1. The van der Waals surface area contributed by atoms with Gasteiger partial charge in [-0.2, -0.15) is 0 Å². The van der Waals surface area contributed by atoms with Crippen LogP contribution in [-0.4, -0.2) is 37.4 Å². The van der Waals surface area contributed by atoms with E-state index < -0.39 is 20.7 Å². The highest BCUT2D eigenvalue weighted by atomic mass is 32.2. The van der Waals surface area contributed by atoms with E-state index in [1.165, 1.54) is 6.07 Å². The van der Waals surface area contributed by atoms with E-state index in [2.05, 4.69) is 10.3 Å². The molecule has 2 aromatic carbocycles. The van der Waals surface area contributed by atoms with Gasteiger partial charge in [0.15, 0.2) is 16.6 Å². The molecule has 0 bridgehead atoms. The Bertz CT molecular complexity index is 1240. The van der Waals surface area contributed by atoms with Crippen molar-refractivity contribution in [1.82, 2.24) is 4.98 Å². The Labute approximate surface area is 174 Å². The Morgan fingerprint density at radius 3 is 2.50 bits per heavy atom. The first kappa shape index (κ1) is 19.8. The van der Waals surface area contributed by atoms with Crippen molar-refractivity contribution < 1.29 is 27.6 Å². The minimum Gasteiger partial charge on any atom is -0.486 e. The average Bonchev–Trinajstić information content (AvgIpc) is 3.22. The zero-order chi connectivity index (χ0) is 21.3. The van der Waals surface area contributed by atoms with Gasteiger partial charge in [0.2, 0.25) is 9.84 Å². The van der Waals surface area contributed by atoms with Crippen molar-refractivity contribution in [1.29, 1.82) is 0 Å². The van der Waals surface area contributed by atoms with Crippen LogP contribution in [0.2, 0.25) is 0 Å². The van der Waals surface area contributed by atoms with Gasteiger partial charge in [-0.1, -0.05) is 11.3 Å². The number of sulfone groups is 1. The van der Waals surface area contributed by atoms with E-state index >= 15 is 0 Å². The maximum absolute atomic E-state index is 12.7. The summed E-state index contributed by atoms with van der Waals surface area (Å²) in [5.74, 6) is 0.513. The fourth-order valence-corrected chi connectivity index (χ4v) is 5.09. The van der Waals surface area contributed by atoms with Crippen LogP contribution < -0.4 is 14.8 Å². The number of hydrogen-bond acceptors (Lipinski definition) is 9. The number of carbonyl (C=O) groups is 1. The van der Waals surface area contributed by atoms with Gasteiger partial charge in [0, 0.05) is 17.7 Å². The molecular formula is C18H13N3O7S2.